The van der Waals surface area contributed by atoms with Gasteiger partial charge in [0.05, 0.1) is 20.8 Å². The van der Waals surface area contributed by atoms with Crippen LogP contribution in [0.15, 0.2) is 21.9 Å². The molecule has 0 radical (unpaired) electrons. The molecule has 34 heavy (non-hydrogen) atoms. The van der Waals surface area contributed by atoms with E-state index in [4.69, 9.17) is 18.3 Å². The molecule has 2 rings (SSSR count). The number of phosphoric acid groups is 1. The van der Waals surface area contributed by atoms with Gasteiger partial charge in [0.25, 0.3) is 5.56 Å². The van der Waals surface area contributed by atoms with E-state index >= 15 is 0 Å². The van der Waals surface area contributed by atoms with Crippen LogP contribution >= 0.6 is 7.82 Å². The highest BCUT2D eigenvalue weighted by atomic mass is 31.2. The average molecular weight is 514 g/mol. The third kappa shape index (κ3) is 7.36. The molecule has 1 fully saturated rings. The fraction of sp³-hybridized carbons (Fsp3) is 0.647. The maximum Gasteiger partial charge on any atom is 0.510 e. The fourth-order valence-electron chi connectivity index (χ4n) is 2.99. The molecule has 3 atom stereocenters. The van der Waals surface area contributed by atoms with E-state index in [9.17, 15) is 28.1 Å². The third-order valence-corrected chi connectivity index (χ3v) is 5.80. The normalized spacial score (nSPS) is 22.2. The van der Waals surface area contributed by atoms with Gasteiger partial charge in [-0.1, -0.05) is 6.92 Å². The number of carbonyl (C=O) groups excluding carboxylic acids is 2. The Balaban J connectivity index is 2.12. The van der Waals surface area contributed by atoms with Gasteiger partial charge >= 0.3 is 25.8 Å². The Hall–Kier alpha value is -2.78. The van der Waals surface area contributed by atoms with Gasteiger partial charge in [-0.15, -0.1) is 0 Å². The van der Waals surface area contributed by atoms with Crippen molar-refractivity contribution in [3.63, 3.8) is 0 Å². The summed E-state index contributed by atoms with van der Waals surface area (Å²) in [5, 5.41) is 0. The molecular weight excluding hydrogens is 490 g/mol. The van der Waals surface area contributed by atoms with E-state index in [1.807, 2.05) is 0 Å². The number of alkyl halides is 1. The second kappa shape index (κ2) is 12.1. The molecule has 1 aliphatic rings. The monoisotopic (exact) mass is 514 g/mol. The summed E-state index contributed by atoms with van der Waals surface area (Å²) in [6.45, 7) is -2.05. The Kier molecular flexibility index (Phi) is 9.76. The zero-order valence-corrected chi connectivity index (χ0v) is 19.3. The Bertz CT molecular complexity index is 988. The van der Waals surface area contributed by atoms with Crippen LogP contribution in [0, 0.1) is 5.92 Å². The number of H-pyrrole nitrogens is 1. The molecule has 2 heterocycles. The number of hydrogen-bond donors (Lipinski definition) is 1. The molecule has 15 nitrogen and oxygen atoms in total. The lowest BCUT2D eigenvalue weighted by atomic mass is 9.96. The lowest BCUT2D eigenvalue weighted by Gasteiger charge is -2.28. The fourth-order valence-corrected chi connectivity index (χ4v) is 3.97. The van der Waals surface area contributed by atoms with Gasteiger partial charge in [0, 0.05) is 18.2 Å². The highest BCUT2D eigenvalue weighted by molar-refractivity contribution is 7.48. The van der Waals surface area contributed by atoms with Gasteiger partial charge in [0.1, 0.15) is 18.5 Å². The van der Waals surface area contributed by atoms with Crippen molar-refractivity contribution in [3.8, 4) is 0 Å². The SMILES string of the molecule is COC(=O)OCOP(=O)(OCOC(=O)OC)OC[C@]1(CF)C[C@H](C)[C@H](n2ccc(=O)[nH]c2=O)O1. The lowest BCUT2D eigenvalue weighted by molar-refractivity contribution is -0.116. The number of aromatic amines is 1. The van der Waals surface area contributed by atoms with Crippen LogP contribution in [0.25, 0.3) is 0 Å². The predicted molar refractivity (Wildman–Crippen MR) is 106 cm³/mol. The average Bonchev–Trinajstić information content (AvgIpc) is 3.14. The number of hydrogen-bond acceptors (Lipinski definition) is 13. The van der Waals surface area contributed by atoms with Crippen LogP contribution in [-0.4, -0.2) is 68.5 Å². The Labute approximate surface area is 191 Å². The van der Waals surface area contributed by atoms with E-state index in [1.54, 1.807) is 6.92 Å². The maximum atomic E-state index is 14.1. The molecular formula is C17H24FN2O13P. The minimum atomic E-state index is -4.62. The van der Waals surface area contributed by atoms with E-state index in [-0.39, 0.29) is 6.42 Å². The number of rotatable bonds is 11. The minimum Gasteiger partial charge on any atom is -0.438 e. The molecule has 192 valence electrons. The van der Waals surface area contributed by atoms with Crippen molar-refractivity contribution in [1.82, 2.24) is 9.55 Å². The van der Waals surface area contributed by atoms with Crippen LogP contribution in [-0.2, 0) is 41.8 Å². The second-order valence-electron chi connectivity index (χ2n) is 6.94. The van der Waals surface area contributed by atoms with Crippen LogP contribution in [0.4, 0.5) is 14.0 Å². The predicted octanol–water partition coefficient (Wildman–Crippen LogP) is 1.44. The molecule has 0 amide bonds. The molecule has 17 heteroatoms. The molecule has 0 bridgehead atoms. The van der Waals surface area contributed by atoms with Gasteiger partial charge in [0.2, 0.25) is 13.6 Å². The summed E-state index contributed by atoms with van der Waals surface area (Å²) in [6.07, 6.45) is -2.10. The van der Waals surface area contributed by atoms with E-state index in [1.165, 1.54) is 6.20 Å². The number of carbonyl (C=O) groups is 2. The molecule has 0 unspecified atom stereocenters. The smallest absolute Gasteiger partial charge is 0.438 e. The van der Waals surface area contributed by atoms with E-state index in [0.29, 0.717) is 0 Å². The van der Waals surface area contributed by atoms with Gasteiger partial charge in [-0.05, 0) is 6.42 Å². The van der Waals surface area contributed by atoms with Crippen molar-refractivity contribution >= 4 is 20.1 Å². The van der Waals surface area contributed by atoms with Gasteiger partial charge in [0.15, 0.2) is 0 Å². The maximum absolute atomic E-state index is 14.1. The van der Waals surface area contributed by atoms with Crippen LogP contribution in [0.5, 0.6) is 0 Å². The summed E-state index contributed by atoms with van der Waals surface area (Å²) in [4.78, 5) is 47.6. The van der Waals surface area contributed by atoms with Crippen LogP contribution in [0.2, 0.25) is 0 Å². The number of ether oxygens (including phenoxy) is 5. The lowest BCUT2D eigenvalue weighted by Crippen LogP contribution is -2.38. The van der Waals surface area contributed by atoms with Gasteiger partial charge < -0.3 is 23.7 Å². The number of nitrogens with one attached hydrogen (secondary N) is 1. The first-order chi connectivity index (χ1) is 16.1. The number of phosphoric ester groups is 1. The van der Waals surface area contributed by atoms with Crippen molar-refractivity contribution in [1.29, 1.82) is 0 Å². The van der Waals surface area contributed by atoms with Crippen molar-refractivity contribution < 1.29 is 55.8 Å². The second-order valence-corrected chi connectivity index (χ2v) is 8.60. The molecule has 1 aromatic heterocycles. The highest BCUT2D eigenvalue weighted by Crippen LogP contribution is 2.52. The van der Waals surface area contributed by atoms with E-state index < -0.39 is 76.0 Å². The number of methoxy groups -OCH3 is 2. The van der Waals surface area contributed by atoms with Gasteiger partial charge in [-0.3, -0.25) is 18.9 Å². The summed E-state index contributed by atoms with van der Waals surface area (Å²) in [5.74, 6) is -0.436. The van der Waals surface area contributed by atoms with Crippen molar-refractivity contribution in [2.75, 3.05) is 41.1 Å². The standard InChI is InChI=1S/C17H24FN2O13P/c1-11-6-17(7-18,33-13(11)20-5-4-12(21)19-14(20)22)8-30-34(25,31-9-28-15(23)26-2)32-10-29-16(24)27-3/h4-5,11,13H,6-10H2,1-3H3,(H,19,21,22)/t11-,13+,17+/m0/s1. The summed E-state index contributed by atoms with van der Waals surface area (Å²) in [7, 11) is -2.58. The largest absolute Gasteiger partial charge is 0.510 e. The topological polar surface area (TPSA) is 180 Å². The first-order valence-electron chi connectivity index (χ1n) is 9.57. The highest BCUT2D eigenvalue weighted by Gasteiger charge is 2.48. The van der Waals surface area contributed by atoms with E-state index in [2.05, 4.69) is 23.9 Å². The summed E-state index contributed by atoms with van der Waals surface area (Å²) >= 11 is 0. The Morgan fingerprint density at radius 1 is 1.18 bits per heavy atom. The molecule has 0 saturated carbocycles. The van der Waals surface area contributed by atoms with Gasteiger partial charge in [-0.25, -0.2) is 32.4 Å². The quantitative estimate of drug-likeness (QED) is 0.255. The summed E-state index contributed by atoms with van der Waals surface area (Å²) in [5.41, 5.74) is -3.07. The first-order valence-corrected chi connectivity index (χ1v) is 11.0. The zero-order chi connectivity index (χ0) is 25.4. The summed E-state index contributed by atoms with van der Waals surface area (Å²) < 4.78 is 65.9. The van der Waals surface area contributed by atoms with Crippen LogP contribution < -0.4 is 11.2 Å². The van der Waals surface area contributed by atoms with Crippen LogP contribution in [0.1, 0.15) is 19.6 Å². The number of nitrogens with zero attached hydrogens (tertiary/aromatic N) is 1. The van der Waals surface area contributed by atoms with Gasteiger partial charge in [-0.2, -0.15) is 0 Å². The molecule has 1 aliphatic heterocycles. The van der Waals surface area contributed by atoms with Crippen LogP contribution in [0.3, 0.4) is 0 Å². The first kappa shape index (κ1) is 27.5. The Morgan fingerprint density at radius 2 is 1.76 bits per heavy atom. The van der Waals surface area contributed by atoms with Crippen molar-refractivity contribution in [2.24, 2.45) is 5.92 Å². The minimum absolute atomic E-state index is 0.0110. The van der Waals surface area contributed by atoms with Crippen molar-refractivity contribution in [2.45, 2.75) is 25.2 Å². The third-order valence-electron chi connectivity index (χ3n) is 4.51. The number of aromatic nitrogens is 2. The Morgan fingerprint density at radius 3 is 2.26 bits per heavy atom. The molecule has 1 N–H and O–H groups in total. The molecule has 1 aromatic rings. The number of halogens is 1. The van der Waals surface area contributed by atoms with Crippen molar-refractivity contribution in [3.05, 3.63) is 33.1 Å². The zero-order valence-electron chi connectivity index (χ0n) is 18.4. The molecule has 0 aromatic carbocycles. The summed E-state index contributed by atoms with van der Waals surface area (Å²) in [6, 6.07) is 1.10. The molecule has 1 saturated heterocycles. The van der Waals surface area contributed by atoms with E-state index in [0.717, 1.165) is 24.9 Å². The molecule has 0 aliphatic carbocycles. The molecule has 0 spiro atoms.